The summed E-state index contributed by atoms with van der Waals surface area (Å²) in [5.74, 6) is 0.0599. The third-order valence-corrected chi connectivity index (χ3v) is 5.38. The highest BCUT2D eigenvalue weighted by molar-refractivity contribution is 6.30. The predicted molar refractivity (Wildman–Crippen MR) is 105 cm³/mol. The maximum atomic E-state index is 13.1. The number of nitrogens with one attached hydrogen (secondary N) is 1. The van der Waals surface area contributed by atoms with Crippen LogP contribution in [0.3, 0.4) is 0 Å². The number of rotatable bonds is 4. The first-order valence-electron chi connectivity index (χ1n) is 9.32. The molecule has 0 saturated carbocycles. The summed E-state index contributed by atoms with van der Waals surface area (Å²) in [7, 11) is 0. The Labute approximate surface area is 164 Å². The topological polar surface area (TPSA) is 46.3 Å². The van der Waals surface area contributed by atoms with E-state index in [2.05, 4.69) is 12.1 Å². The first-order valence-corrected chi connectivity index (χ1v) is 9.70. The summed E-state index contributed by atoms with van der Waals surface area (Å²) in [6.07, 6.45) is 0.704. The van der Waals surface area contributed by atoms with Crippen molar-refractivity contribution in [2.75, 3.05) is 32.8 Å². The van der Waals surface area contributed by atoms with Gasteiger partial charge in [-0.1, -0.05) is 54.1 Å². The molecule has 0 aliphatic carbocycles. The monoisotopic (exact) mass is 384 g/mol. The van der Waals surface area contributed by atoms with Gasteiger partial charge in [0.25, 0.3) is 5.91 Å². The van der Waals surface area contributed by atoms with E-state index >= 15 is 0 Å². The molecule has 1 amide bonds. The third kappa shape index (κ3) is 4.21. The number of hydrogen-bond acceptors (Lipinski definition) is 3. The number of benzene rings is 2. The van der Waals surface area contributed by atoms with Crippen LogP contribution in [0.2, 0.25) is 5.02 Å². The van der Waals surface area contributed by atoms with Crippen LogP contribution in [0, 0.1) is 0 Å². The Morgan fingerprint density at radius 2 is 1.81 bits per heavy atom. The summed E-state index contributed by atoms with van der Waals surface area (Å²) >= 11 is 6.01. The van der Waals surface area contributed by atoms with Crippen molar-refractivity contribution in [3.05, 3.63) is 70.7 Å². The van der Waals surface area contributed by atoms with E-state index in [0.717, 1.165) is 29.9 Å². The maximum Gasteiger partial charge on any atom is 0.298 e. The van der Waals surface area contributed by atoms with E-state index in [1.807, 2.05) is 42.5 Å². The van der Waals surface area contributed by atoms with E-state index in [-0.39, 0.29) is 11.9 Å². The first kappa shape index (κ1) is 18.2. The number of ether oxygens (including phenoxy) is 1. The number of amides is 1. The molecule has 0 bridgehead atoms. The van der Waals surface area contributed by atoms with Crippen molar-refractivity contribution in [3.8, 4) is 0 Å². The van der Waals surface area contributed by atoms with Crippen LogP contribution in [0.4, 0.5) is 0 Å². The van der Waals surface area contributed by atoms with Crippen LogP contribution in [0.15, 0.2) is 59.7 Å². The van der Waals surface area contributed by atoms with Gasteiger partial charge in [-0.3, -0.25) is 4.79 Å². The molecule has 2 aliphatic heterocycles. The SMILES string of the molecule is O=C(C[NH+]1CCOCC1)N1N=C(c2ccc(Cl)cc2)C[C@@H]1c1ccccc1. The molecule has 1 N–H and O–H groups in total. The molecule has 1 saturated heterocycles. The van der Waals surface area contributed by atoms with E-state index in [4.69, 9.17) is 21.4 Å². The van der Waals surface area contributed by atoms with Crippen LogP contribution >= 0.6 is 11.6 Å². The standard InChI is InChI=1S/C21H22ClN3O2/c22-18-8-6-16(7-9-18)19-14-20(17-4-2-1-3-5-17)25(23-19)21(26)15-24-10-12-27-13-11-24/h1-9,20H,10-15H2/p+1/t20-/m1/s1. The molecule has 2 aromatic rings. The summed E-state index contributed by atoms with van der Waals surface area (Å²) in [6, 6.07) is 17.7. The van der Waals surface area contributed by atoms with Crippen molar-refractivity contribution in [2.45, 2.75) is 12.5 Å². The van der Waals surface area contributed by atoms with Crippen LogP contribution in [0.1, 0.15) is 23.6 Å². The Hall–Kier alpha value is -2.21. The molecule has 4 rings (SSSR count). The second-order valence-corrected chi connectivity index (χ2v) is 7.40. The molecule has 27 heavy (non-hydrogen) atoms. The van der Waals surface area contributed by atoms with E-state index in [0.29, 0.717) is 31.2 Å². The average Bonchev–Trinajstić information content (AvgIpc) is 3.16. The summed E-state index contributed by atoms with van der Waals surface area (Å²) in [5.41, 5.74) is 3.04. The van der Waals surface area contributed by atoms with Crippen molar-refractivity contribution < 1.29 is 14.4 Å². The zero-order chi connectivity index (χ0) is 18.6. The van der Waals surface area contributed by atoms with Gasteiger partial charge in [-0.05, 0) is 23.3 Å². The number of hydrazone groups is 1. The minimum absolute atomic E-state index is 0.0599. The number of carbonyl (C=O) groups excluding carboxylic acids is 1. The van der Waals surface area contributed by atoms with Crippen molar-refractivity contribution in [1.82, 2.24) is 5.01 Å². The predicted octanol–water partition coefficient (Wildman–Crippen LogP) is 1.93. The highest BCUT2D eigenvalue weighted by Crippen LogP contribution is 2.32. The van der Waals surface area contributed by atoms with E-state index in [1.165, 1.54) is 4.90 Å². The molecular formula is C21H23ClN3O2+. The van der Waals surface area contributed by atoms with Gasteiger partial charge < -0.3 is 9.64 Å². The molecule has 1 fully saturated rings. The maximum absolute atomic E-state index is 13.1. The van der Waals surface area contributed by atoms with Crippen LogP contribution in [-0.4, -0.2) is 49.5 Å². The Bertz CT molecular complexity index is 817. The van der Waals surface area contributed by atoms with Gasteiger partial charge in [0, 0.05) is 11.4 Å². The highest BCUT2D eigenvalue weighted by Gasteiger charge is 2.34. The average molecular weight is 385 g/mol. The van der Waals surface area contributed by atoms with Crippen molar-refractivity contribution in [1.29, 1.82) is 0 Å². The van der Waals surface area contributed by atoms with Gasteiger partial charge in [-0.2, -0.15) is 5.10 Å². The second-order valence-electron chi connectivity index (χ2n) is 6.96. The zero-order valence-corrected chi connectivity index (χ0v) is 15.9. The molecule has 2 aliphatic rings. The van der Waals surface area contributed by atoms with E-state index < -0.39 is 0 Å². The zero-order valence-electron chi connectivity index (χ0n) is 15.1. The number of quaternary nitrogens is 1. The lowest BCUT2D eigenvalue weighted by molar-refractivity contribution is -0.900. The smallest absolute Gasteiger partial charge is 0.298 e. The Morgan fingerprint density at radius 3 is 2.52 bits per heavy atom. The number of hydrogen-bond donors (Lipinski definition) is 1. The summed E-state index contributed by atoms with van der Waals surface area (Å²) in [4.78, 5) is 14.3. The van der Waals surface area contributed by atoms with Gasteiger partial charge in [0.2, 0.25) is 0 Å². The molecule has 6 heteroatoms. The molecular weight excluding hydrogens is 362 g/mol. The van der Waals surface area contributed by atoms with Gasteiger partial charge >= 0.3 is 0 Å². The number of halogens is 1. The van der Waals surface area contributed by atoms with E-state index in [9.17, 15) is 4.79 Å². The Balaban J connectivity index is 1.58. The Kier molecular flexibility index (Phi) is 5.53. The van der Waals surface area contributed by atoms with Crippen LogP contribution in [0.5, 0.6) is 0 Å². The third-order valence-electron chi connectivity index (χ3n) is 5.13. The first-order chi connectivity index (χ1) is 13.2. The number of nitrogens with zero attached hydrogens (tertiary/aromatic N) is 2. The van der Waals surface area contributed by atoms with Gasteiger partial charge in [-0.25, -0.2) is 5.01 Å². The fraction of sp³-hybridized carbons (Fsp3) is 0.333. The van der Waals surface area contributed by atoms with E-state index in [1.54, 1.807) is 5.01 Å². The minimum atomic E-state index is -0.0650. The molecule has 1 atom stereocenters. The molecule has 2 heterocycles. The summed E-state index contributed by atoms with van der Waals surface area (Å²) in [5, 5.41) is 7.10. The van der Waals surface area contributed by atoms with Crippen molar-refractivity contribution in [2.24, 2.45) is 5.10 Å². The second kappa shape index (κ2) is 8.21. The molecule has 0 spiro atoms. The van der Waals surface area contributed by atoms with Crippen molar-refractivity contribution >= 4 is 23.2 Å². The summed E-state index contributed by atoms with van der Waals surface area (Å²) in [6.45, 7) is 3.60. The Morgan fingerprint density at radius 1 is 1.11 bits per heavy atom. The minimum Gasteiger partial charge on any atom is -0.370 e. The molecule has 2 aromatic carbocycles. The normalized spacial score (nSPS) is 20.6. The van der Waals surface area contributed by atoms with Gasteiger partial charge in [0.15, 0.2) is 6.54 Å². The number of morpholine rings is 1. The fourth-order valence-corrected chi connectivity index (χ4v) is 3.75. The van der Waals surface area contributed by atoms with Crippen LogP contribution in [-0.2, 0) is 9.53 Å². The molecule has 0 unspecified atom stereocenters. The summed E-state index contributed by atoms with van der Waals surface area (Å²) < 4.78 is 5.40. The van der Waals surface area contributed by atoms with Crippen LogP contribution < -0.4 is 4.90 Å². The largest absolute Gasteiger partial charge is 0.370 e. The lowest BCUT2D eigenvalue weighted by Crippen LogP contribution is -3.15. The van der Waals surface area contributed by atoms with Gasteiger partial charge in [0.1, 0.15) is 13.1 Å². The van der Waals surface area contributed by atoms with Gasteiger partial charge in [-0.15, -0.1) is 0 Å². The highest BCUT2D eigenvalue weighted by atomic mass is 35.5. The quantitative estimate of drug-likeness (QED) is 0.875. The molecule has 5 nitrogen and oxygen atoms in total. The molecule has 140 valence electrons. The molecule has 0 radical (unpaired) electrons. The number of carbonyl (C=O) groups is 1. The lowest BCUT2D eigenvalue weighted by atomic mass is 9.98. The fourth-order valence-electron chi connectivity index (χ4n) is 3.62. The van der Waals surface area contributed by atoms with Crippen molar-refractivity contribution in [3.63, 3.8) is 0 Å². The van der Waals surface area contributed by atoms with Gasteiger partial charge in [0.05, 0.1) is 25.0 Å². The lowest BCUT2D eigenvalue weighted by Gasteiger charge is -2.27. The van der Waals surface area contributed by atoms with Crippen LogP contribution in [0.25, 0.3) is 0 Å². The molecule has 0 aromatic heterocycles.